The fraction of sp³-hybridized carbons (Fsp3) is 0.250. The Morgan fingerprint density at radius 3 is 2.45 bits per heavy atom. The molecule has 1 saturated carbocycles. The SMILES string of the molecule is O=C(NNC(=O)C1(c2cccc(F)c2)CCCC1)c1ccc(-n2cnnn2)cc1. The summed E-state index contributed by atoms with van der Waals surface area (Å²) in [7, 11) is 0. The van der Waals surface area contributed by atoms with Crippen LogP contribution in [0.3, 0.4) is 0 Å². The lowest BCUT2D eigenvalue weighted by Gasteiger charge is -2.28. The van der Waals surface area contributed by atoms with E-state index < -0.39 is 11.3 Å². The number of hydrogen-bond donors (Lipinski definition) is 2. The van der Waals surface area contributed by atoms with E-state index in [1.807, 2.05) is 0 Å². The minimum atomic E-state index is -0.834. The number of halogens is 1. The number of benzene rings is 2. The van der Waals surface area contributed by atoms with Gasteiger partial charge in [0.2, 0.25) is 5.91 Å². The third-order valence-corrected chi connectivity index (χ3v) is 5.30. The topological polar surface area (TPSA) is 102 Å². The van der Waals surface area contributed by atoms with Crippen molar-refractivity contribution in [3.63, 3.8) is 0 Å². The average Bonchev–Trinajstić information content (AvgIpc) is 3.45. The molecule has 9 heteroatoms. The molecule has 148 valence electrons. The molecule has 2 amide bonds. The van der Waals surface area contributed by atoms with E-state index >= 15 is 0 Å². The van der Waals surface area contributed by atoms with Gasteiger partial charge in [-0.3, -0.25) is 20.4 Å². The first-order valence-electron chi connectivity index (χ1n) is 9.29. The van der Waals surface area contributed by atoms with E-state index in [1.54, 1.807) is 36.4 Å². The van der Waals surface area contributed by atoms with Crippen molar-refractivity contribution in [2.45, 2.75) is 31.1 Å². The molecule has 3 aromatic rings. The molecule has 29 heavy (non-hydrogen) atoms. The summed E-state index contributed by atoms with van der Waals surface area (Å²) in [6.07, 6.45) is 4.41. The van der Waals surface area contributed by atoms with Gasteiger partial charge in [-0.1, -0.05) is 25.0 Å². The maximum Gasteiger partial charge on any atom is 0.269 e. The lowest BCUT2D eigenvalue weighted by molar-refractivity contribution is -0.127. The molecular weight excluding hydrogens is 375 g/mol. The summed E-state index contributed by atoms with van der Waals surface area (Å²) in [4.78, 5) is 25.4. The number of aromatic nitrogens is 4. The van der Waals surface area contributed by atoms with Gasteiger partial charge in [-0.25, -0.2) is 9.07 Å². The van der Waals surface area contributed by atoms with Crippen LogP contribution < -0.4 is 10.9 Å². The Kier molecular flexibility index (Phi) is 5.03. The Bertz CT molecular complexity index is 1010. The van der Waals surface area contributed by atoms with Gasteiger partial charge in [0.25, 0.3) is 5.91 Å². The molecule has 4 rings (SSSR count). The quantitative estimate of drug-likeness (QED) is 0.660. The molecule has 0 spiro atoms. The van der Waals surface area contributed by atoms with Crippen LogP contribution >= 0.6 is 0 Å². The van der Waals surface area contributed by atoms with E-state index in [2.05, 4.69) is 26.4 Å². The third kappa shape index (κ3) is 3.71. The average molecular weight is 394 g/mol. The van der Waals surface area contributed by atoms with Crippen molar-refractivity contribution in [2.24, 2.45) is 0 Å². The normalized spacial score (nSPS) is 15.1. The summed E-state index contributed by atoms with van der Waals surface area (Å²) in [6, 6.07) is 12.7. The summed E-state index contributed by atoms with van der Waals surface area (Å²) in [5, 5.41) is 10.9. The lowest BCUT2D eigenvalue weighted by Crippen LogP contribution is -2.50. The van der Waals surface area contributed by atoms with Crippen molar-refractivity contribution in [3.05, 3.63) is 71.8 Å². The molecule has 0 atom stereocenters. The summed E-state index contributed by atoms with van der Waals surface area (Å²) in [6.45, 7) is 0. The fourth-order valence-corrected chi connectivity index (χ4v) is 3.76. The minimum absolute atomic E-state index is 0.334. The molecule has 0 radical (unpaired) electrons. The van der Waals surface area contributed by atoms with Crippen LogP contribution in [0.4, 0.5) is 4.39 Å². The van der Waals surface area contributed by atoms with E-state index in [9.17, 15) is 14.0 Å². The number of nitrogens with zero attached hydrogens (tertiary/aromatic N) is 4. The number of hydrogen-bond acceptors (Lipinski definition) is 5. The molecule has 1 aliphatic rings. The Labute approximate surface area is 166 Å². The van der Waals surface area contributed by atoms with E-state index in [4.69, 9.17) is 0 Å². The van der Waals surface area contributed by atoms with Gasteiger partial charge in [-0.15, -0.1) is 5.10 Å². The van der Waals surface area contributed by atoms with Gasteiger partial charge in [0.1, 0.15) is 12.1 Å². The highest BCUT2D eigenvalue weighted by Gasteiger charge is 2.43. The maximum absolute atomic E-state index is 13.7. The van der Waals surface area contributed by atoms with Gasteiger partial charge in [-0.2, -0.15) is 0 Å². The van der Waals surface area contributed by atoms with E-state index in [1.165, 1.54) is 23.1 Å². The van der Waals surface area contributed by atoms with Gasteiger partial charge >= 0.3 is 0 Å². The smallest absolute Gasteiger partial charge is 0.269 e. The summed E-state index contributed by atoms with van der Waals surface area (Å²) < 4.78 is 15.2. The Morgan fingerprint density at radius 2 is 1.79 bits per heavy atom. The standard InChI is InChI=1S/C20H19FN6O2/c21-16-5-3-4-15(12-16)20(10-1-2-11-20)19(29)24-23-18(28)14-6-8-17(9-7-14)27-13-22-25-26-27/h3-9,12-13H,1-2,10-11H2,(H,23,28)(H,24,29). The largest absolute Gasteiger partial charge is 0.272 e. The maximum atomic E-state index is 13.7. The van der Waals surface area contributed by atoms with Crippen molar-refractivity contribution in [2.75, 3.05) is 0 Å². The fourth-order valence-electron chi connectivity index (χ4n) is 3.76. The van der Waals surface area contributed by atoms with E-state index in [0.717, 1.165) is 12.8 Å². The summed E-state index contributed by atoms with van der Waals surface area (Å²) in [5.74, 6) is -1.17. The van der Waals surface area contributed by atoms with Crippen LogP contribution in [0.2, 0.25) is 0 Å². The molecule has 0 saturated heterocycles. The lowest BCUT2D eigenvalue weighted by atomic mass is 9.78. The van der Waals surface area contributed by atoms with Crippen LogP contribution in [-0.2, 0) is 10.2 Å². The van der Waals surface area contributed by atoms with Crippen LogP contribution in [0, 0.1) is 5.82 Å². The Hall–Kier alpha value is -3.62. The molecule has 2 aromatic carbocycles. The predicted octanol–water partition coefficient (Wildman–Crippen LogP) is 2.07. The Morgan fingerprint density at radius 1 is 1.03 bits per heavy atom. The number of tetrazole rings is 1. The van der Waals surface area contributed by atoms with Crippen LogP contribution in [0.25, 0.3) is 5.69 Å². The molecule has 0 unspecified atom stereocenters. The van der Waals surface area contributed by atoms with E-state index in [-0.39, 0.29) is 11.7 Å². The molecule has 1 fully saturated rings. The van der Waals surface area contributed by atoms with Crippen molar-refractivity contribution in [1.82, 2.24) is 31.1 Å². The zero-order valence-corrected chi connectivity index (χ0v) is 15.5. The highest BCUT2D eigenvalue weighted by atomic mass is 19.1. The molecule has 8 nitrogen and oxygen atoms in total. The summed E-state index contributed by atoms with van der Waals surface area (Å²) >= 11 is 0. The zero-order valence-electron chi connectivity index (χ0n) is 15.5. The second-order valence-electron chi connectivity index (χ2n) is 7.01. The number of nitrogens with one attached hydrogen (secondary N) is 2. The minimum Gasteiger partial charge on any atom is -0.272 e. The molecule has 1 aromatic heterocycles. The predicted molar refractivity (Wildman–Crippen MR) is 101 cm³/mol. The number of amides is 2. The first-order chi connectivity index (χ1) is 14.1. The van der Waals surface area contributed by atoms with Crippen molar-refractivity contribution >= 4 is 11.8 Å². The van der Waals surface area contributed by atoms with Gasteiger partial charge < -0.3 is 0 Å². The monoisotopic (exact) mass is 394 g/mol. The van der Waals surface area contributed by atoms with Gasteiger partial charge in [0, 0.05) is 5.56 Å². The molecule has 0 aliphatic heterocycles. The van der Waals surface area contributed by atoms with E-state index in [0.29, 0.717) is 29.7 Å². The number of rotatable bonds is 4. The number of carbonyl (C=O) groups is 2. The third-order valence-electron chi connectivity index (χ3n) is 5.30. The van der Waals surface area contributed by atoms with Crippen LogP contribution in [-0.4, -0.2) is 32.0 Å². The molecular formula is C20H19FN6O2. The molecule has 1 aliphatic carbocycles. The van der Waals surface area contributed by atoms with Crippen molar-refractivity contribution in [3.8, 4) is 5.69 Å². The van der Waals surface area contributed by atoms with Crippen LogP contribution in [0.1, 0.15) is 41.6 Å². The molecule has 0 bridgehead atoms. The second-order valence-corrected chi connectivity index (χ2v) is 7.01. The first kappa shape index (κ1) is 18.7. The second kappa shape index (κ2) is 7.78. The Balaban J connectivity index is 1.45. The number of carbonyl (C=O) groups excluding carboxylic acids is 2. The van der Waals surface area contributed by atoms with Gasteiger partial charge in [-0.05, 0) is 65.2 Å². The van der Waals surface area contributed by atoms with Gasteiger partial charge in [0.15, 0.2) is 0 Å². The summed E-state index contributed by atoms with van der Waals surface area (Å²) in [5.41, 5.74) is 5.85. The first-order valence-corrected chi connectivity index (χ1v) is 9.29. The molecule has 1 heterocycles. The van der Waals surface area contributed by atoms with Crippen molar-refractivity contribution < 1.29 is 14.0 Å². The van der Waals surface area contributed by atoms with Crippen LogP contribution in [0.5, 0.6) is 0 Å². The van der Waals surface area contributed by atoms with Gasteiger partial charge in [0.05, 0.1) is 11.1 Å². The molecule has 2 N–H and O–H groups in total. The van der Waals surface area contributed by atoms with Crippen molar-refractivity contribution in [1.29, 1.82) is 0 Å². The highest BCUT2D eigenvalue weighted by molar-refractivity contribution is 5.97. The highest BCUT2D eigenvalue weighted by Crippen LogP contribution is 2.41. The number of hydrazine groups is 1. The zero-order chi connectivity index (χ0) is 20.3. The van der Waals surface area contributed by atoms with Crippen LogP contribution in [0.15, 0.2) is 54.9 Å².